The largest absolute Gasteiger partial charge is 0.192 e. The van der Waals surface area contributed by atoms with Crippen LogP contribution >= 0.6 is 0 Å². The fourth-order valence-electron chi connectivity index (χ4n) is 4.83. The molecule has 3 heteroatoms. The number of fused-ring (bicyclic) bond motifs is 3. The second-order valence-electron chi connectivity index (χ2n) is 9.06. The van der Waals surface area contributed by atoms with Gasteiger partial charge < -0.3 is 0 Å². The topological polar surface area (TPSA) is 23.8 Å². The van der Waals surface area contributed by atoms with Crippen molar-refractivity contribution in [3.8, 4) is 17.2 Å². The molecule has 0 fully saturated rings. The molecule has 2 aromatic rings. The summed E-state index contributed by atoms with van der Waals surface area (Å²) in [6, 6.07) is 16.0. The molecule has 0 saturated carbocycles. The van der Waals surface area contributed by atoms with Crippen LogP contribution in [0.15, 0.2) is 36.4 Å². The Morgan fingerprint density at radius 2 is 1.36 bits per heavy atom. The van der Waals surface area contributed by atoms with Crippen LogP contribution in [0.25, 0.3) is 11.1 Å². The van der Waals surface area contributed by atoms with Gasteiger partial charge in [0.25, 0.3) is 0 Å². The zero-order valence-electron chi connectivity index (χ0n) is 16.6. The van der Waals surface area contributed by atoms with E-state index in [-0.39, 0.29) is 0 Å². The minimum atomic E-state index is -1.92. The molecule has 0 radical (unpaired) electrons. The monoisotopic (exact) mass is 363 g/mol. The number of hydrogen-bond donors (Lipinski definition) is 0. The summed E-state index contributed by atoms with van der Waals surface area (Å²) in [4.78, 5) is 0. The molecule has 0 spiro atoms. The summed E-state index contributed by atoms with van der Waals surface area (Å²) in [7, 11) is -3.27. The Hall–Kier alpha value is -1.64. The molecular formula is C22H29NSi2. The zero-order valence-corrected chi connectivity index (χ0v) is 18.6. The smallest absolute Gasteiger partial charge is 0.124 e. The van der Waals surface area contributed by atoms with Gasteiger partial charge in [-0.3, -0.25) is 0 Å². The van der Waals surface area contributed by atoms with Gasteiger partial charge in [0.15, 0.2) is 0 Å². The molecule has 0 amide bonds. The lowest BCUT2D eigenvalue weighted by Crippen LogP contribution is -2.61. The van der Waals surface area contributed by atoms with Crippen LogP contribution in [0.5, 0.6) is 0 Å². The number of nitrogens with zero attached hydrogens (tertiary/aromatic N) is 1. The lowest BCUT2D eigenvalue weighted by molar-refractivity contribution is 0.930. The lowest BCUT2D eigenvalue weighted by Gasteiger charge is -2.38. The van der Waals surface area contributed by atoms with Crippen LogP contribution in [0.4, 0.5) is 0 Å². The van der Waals surface area contributed by atoms with Crippen molar-refractivity contribution in [3.63, 3.8) is 0 Å². The Bertz CT molecular complexity index is 859. The SMILES string of the molecule is CC(C)[Si]1(C(C)C)c2cc(C#N)ccc2-c2ccc([Si](C)(C)C)cc21. The van der Waals surface area contributed by atoms with Crippen LogP contribution < -0.4 is 15.6 Å². The first kappa shape index (κ1) is 18.2. The van der Waals surface area contributed by atoms with Gasteiger partial charge in [0, 0.05) is 0 Å². The van der Waals surface area contributed by atoms with Crippen LogP contribution in [0.2, 0.25) is 30.7 Å². The van der Waals surface area contributed by atoms with Crippen LogP contribution in [0.1, 0.15) is 33.3 Å². The number of nitriles is 1. The molecule has 0 saturated heterocycles. The van der Waals surface area contributed by atoms with Gasteiger partial charge >= 0.3 is 0 Å². The van der Waals surface area contributed by atoms with Crippen molar-refractivity contribution in [1.82, 2.24) is 0 Å². The maximum atomic E-state index is 9.46. The molecule has 0 aromatic heterocycles. The normalized spacial score (nSPS) is 15.2. The molecule has 25 heavy (non-hydrogen) atoms. The molecule has 1 heterocycles. The fourth-order valence-corrected chi connectivity index (χ4v) is 12.4. The van der Waals surface area contributed by atoms with Gasteiger partial charge in [0.05, 0.1) is 19.7 Å². The predicted molar refractivity (Wildman–Crippen MR) is 115 cm³/mol. The van der Waals surface area contributed by atoms with Gasteiger partial charge in [-0.2, -0.15) is 5.26 Å². The van der Waals surface area contributed by atoms with Gasteiger partial charge in [0.1, 0.15) is 8.07 Å². The van der Waals surface area contributed by atoms with E-state index in [2.05, 4.69) is 83.7 Å². The molecule has 3 rings (SSSR count). The molecule has 1 nitrogen and oxygen atoms in total. The maximum absolute atomic E-state index is 9.46. The molecule has 0 bridgehead atoms. The summed E-state index contributed by atoms with van der Waals surface area (Å²) >= 11 is 0. The van der Waals surface area contributed by atoms with Crippen molar-refractivity contribution in [3.05, 3.63) is 42.0 Å². The predicted octanol–water partition coefficient (Wildman–Crippen LogP) is 4.47. The van der Waals surface area contributed by atoms with Gasteiger partial charge in [-0.1, -0.05) is 76.8 Å². The average Bonchev–Trinajstić information content (AvgIpc) is 2.83. The van der Waals surface area contributed by atoms with E-state index in [1.807, 2.05) is 6.07 Å². The third-order valence-corrected chi connectivity index (χ3v) is 14.3. The van der Waals surface area contributed by atoms with Crippen LogP contribution in [-0.4, -0.2) is 16.1 Å². The molecule has 0 unspecified atom stereocenters. The van der Waals surface area contributed by atoms with E-state index in [1.54, 1.807) is 10.4 Å². The van der Waals surface area contributed by atoms with Crippen molar-refractivity contribution in [2.24, 2.45) is 0 Å². The van der Waals surface area contributed by atoms with Crippen molar-refractivity contribution in [1.29, 1.82) is 5.26 Å². The van der Waals surface area contributed by atoms with E-state index >= 15 is 0 Å². The van der Waals surface area contributed by atoms with Gasteiger partial charge in [-0.05, 0) is 44.7 Å². The zero-order chi connectivity index (χ0) is 18.6. The van der Waals surface area contributed by atoms with Crippen molar-refractivity contribution < 1.29 is 0 Å². The number of benzene rings is 2. The highest BCUT2D eigenvalue weighted by Crippen LogP contribution is 2.41. The summed E-state index contributed by atoms with van der Waals surface area (Å²) in [5, 5.41) is 14.1. The first-order valence-electron chi connectivity index (χ1n) is 9.34. The molecule has 1 aliphatic heterocycles. The standard InChI is InChI=1S/C22H29NSi2/c1-15(2)25(16(3)4)21-12-17(14-23)8-10-19(21)20-11-9-18(13-22(20)25)24(5,6)7/h8-13,15-16H,1-7H3. The molecular weight excluding hydrogens is 334 g/mol. The van der Waals surface area contributed by atoms with Gasteiger partial charge in [-0.15, -0.1) is 0 Å². The van der Waals surface area contributed by atoms with E-state index in [9.17, 15) is 5.26 Å². The van der Waals surface area contributed by atoms with Crippen molar-refractivity contribution in [2.75, 3.05) is 0 Å². The Kier molecular flexibility index (Phi) is 4.33. The summed E-state index contributed by atoms with van der Waals surface area (Å²) in [6.07, 6.45) is 0. The van der Waals surface area contributed by atoms with Gasteiger partial charge in [0.2, 0.25) is 0 Å². The van der Waals surface area contributed by atoms with E-state index in [0.29, 0.717) is 11.1 Å². The second kappa shape index (κ2) is 5.97. The first-order chi connectivity index (χ1) is 11.6. The number of rotatable bonds is 3. The highest BCUT2D eigenvalue weighted by molar-refractivity contribution is 7.07. The van der Waals surface area contributed by atoms with E-state index in [0.717, 1.165) is 5.56 Å². The molecule has 0 aliphatic carbocycles. The molecule has 2 aromatic carbocycles. The van der Waals surface area contributed by atoms with Crippen LogP contribution in [-0.2, 0) is 0 Å². The van der Waals surface area contributed by atoms with E-state index in [1.165, 1.54) is 16.3 Å². The second-order valence-corrected chi connectivity index (χ2v) is 19.3. The Morgan fingerprint density at radius 1 is 0.840 bits per heavy atom. The summed E-state index contributed by atoms with van der Waals surface area (Å²) in [6.45, 7) is 16.9. The van der Waals surface area contributed by atoms with Crippen LogP contribution in [0, 0.1) is 11.3 Å². The quantitative estimate of drug-likeness (QED) is 0.738. The Balaban J connectivity index is 2.41. The molecule has 1 aliphatic rings. The third kappa shape index (κ3) is 2.55. The molecule has 0 N–H and O–H groups in total. The van der Waals surface area contributed by atoms with Crippen molar-refractivity contribution >= 4 is 31.7 Å². The van der Waals surface area contributed by atoms with Crippen LogP contribution in [0.3, 0.4) is 0 Å². The van der Waals surface area contributed by atoms with Gasteiger partial charge in [-0.25, -0.2) is 0 Å². The Morgan fingerprint density at radius 3 is 1.84 bits per heavy atom. The highest BCUT2D eigenvalue weighted by atomic mass is 28.3. The van der Waals surface area contributed by atoms with Crippen molar-refractivity contribution in [2.45, 2.75) is 58.4 Å². The third-order valence-electron chi connectivity index (χ3n) is 6.04. The van der Waals surface area contributed by atoms with E-state index in [4.69, 9.17) is 0 Å². The average molecular weight is 364 g/mol. The maximum Gasteiger partial charge on any atom is 0.124 e. The first-order valence-corrected chi connectivity index (χ1v) is 15.0. The Labute approximate surface area is 154 Å². The number of hydrogen-bond acceptors (Lipinski definition) is 1. The fraction of sp³-hybridized carbons (Fsp3) is 0.409. The van der Waals surface area contributed by atoms with E-state index < -0.39 is 16.1 Å². The molecule has 0 atom stereocenters. The lowest BCUT2D eigenvalue weighted by atomic mass is 10.0. The summed E-state index contributed by atoms with van der Waals surface area (Å²) in [5.74, 6) is 0. The summed E-state index contributed by atoms with van der Waals surface area (Å²) in [5.41, 5.74) is 4.83. The minimum Gasteiger partial charge on any atom is -0.192 e. The summed E-state index contributed by atoms with van der Waals surface area (Å²) < 4.78 is 0. The molecule has 130 valence electrons. The highest BCUT2D eigenvalue weighted by Gasteiger charge is 2.50. The minimum absolute atomic E-state index is 0.610.